The molecule has 0 aliphatic rings. The van der Waals surface area contributed by atoms with E-state index in [0.29, 0.717) is 13.2 Å². The van der Waals surface area contributed by atoms with Gasteiger partial charge in [-0.05, 0) is 18.2 Å². The van der Waals surface area contributed by atoms with Gasteiger partial charge in [0.05, 0.1) is 17.2 Å². The van der Waals surface area contributed by atoms with Gasteiger partial charge in [0.25, 0.3) is 5.91 Å². The first-order valence-corrected chi connectivity index (χ1v) is 6.60. The summed E-state index contributed by atoms with van der Waals surface area (Å²) in [5.41, 5.74) is 5.59. The summed E-state index contributed by atoms with van der Waals surface area (Å²) in [7, 11) is 1.52. The summed E-state index contributed by atoms with van der Waals surface area (Å²) < 4.78 is 4.96. The quantitative estimate of drug-likeness (QED) is 0.304. The average Bonchev–Trinajstić information content (AvgIpc) is 2.48. The van der Waals surface area contributed by atoms with Gasteiger partial charge >= 0.3 is 0 Å². The lowest BCUT2D eigenvalue weighted by molar-refractivity contribution is 0.0700. The number of amidine groups is 1. The number of benzene rings is 1. The number of carbonyl (C=O) groups excluding carboxylic acids is 1. The second-order valence-corrected chi connectivity index (χ2v) is 4.70. The van der Waals surface area contributed by atoms with Crippen LogP contribution in [0.2, 0.25) is 5.02 Å². The molecule has 0 aromatic heterocycles. The SMILES string of the molecule is COCCN(CC/C(N)=N/O)C(=O)c1cc(O)ccc1Cl. The van der Waals surface area contributed by atoms with Crippen molar-refractivity contribution >= 4 is 23.3 Å². The monoisotopic (exact) mass is 315 g/mol. The van der Waals surface area contributed by atoms with Gasteiger partial charge in [-0.2, -0.15) is 0 Å². The molecule has 0 radical (unpaired) electrons. The molecule has 1 rings (SSSR count). The second-order valence-electron chi connectivity index (χ2n) is 4.29. The van der Waals surface area contributed by atoms with Crippen LogP contribution in [0.15, 0.2) is 23.4 Å². The number of aromatic hydroxyl groups is 1. The molecular formula is C13H18ClN3O4. The topological polar surface area (TPSA) is 108 Å². The minimum atomic E-state index is -0.362. The highest BCUT2D eigenvalue weighted by Crippen LogP contribution is 2.22. The lowest BCUT2D eigenvalue weighted by atomic mass is 10.1. The highest BCUT2D eigenvalue weighted by atomic mass is 35.5. The molecule has 1 aromatic carbocycles. The van der Waals surface area contributed by atoms with Crippen LogP contribution in [0, 0.1) is 0 Å². The van der Waals surface area contributed by atoms with Gasteiger partial charge in [-0.1, -0.05) is 16.8 Å². The number of halogens is 1. The summed E-state index contributed by atoms with van der Waals surface area (Å²) in [6.45, 7) is 0.891. The van der Waals surface area contributed by atoms with Crippen LogP contribution >= 0.6 is 11.6 Å². The van der Waals surface area contributed by atoms with E-state index in [9.17, 15) is 9.90 Å². The van der Waals surface area contributed by atoms with Crippen molar-refractivity contribution in [2.45, 2.75) is 6.42 Å². The summed E-state index contributed by atoms with van der Waals surface area (Å²) in [6.07, 6.45) is 0.211. The summed E-state index contributed by atoms with van der Waals surface area (Å²) in [5.74, 6) is -0.392. The van der Waals surface area contributed by atoms with Crippen LogP contribution in [0.25, 0.3) is 0 Å². The number of hydrogen-bond acceptors (Lipinski definition) is 5. The van der Waals surface area contributed by atoms with Gasteiger partial charge in [0.1, 0.15) is 11.6 Å². The zero-order valence-corrected chi connectivity index (χ0v) is 12.4. The van der Waals surface area contributed by atoms with Crippen LogP contribution < -0.4 is 5.73 Å². The molecule has 0 aliphatic carbocycles. The molecule has 0 spiro atoms. The predicted molar refractivity (Wildman–Crippen MR) is 78.9 cm³/mol. The molecule has 0 aliphatic heterocycles. The van der Waals surface area contributed by atoms with E-state index in [-0.39, 0.29) is 41.0 Å². The normalized spacial score (nSPS) is 11.4. The van der Waals surface area contributed by atoms with Crippen LogP contribution in [-0.4, -0.2) is 53.8 Å². The Hall–Kier alpha value is -1.99. The number of nitrogens with zero attached hydrogens (tertiary/aromatic N) is 2. The molecule has 1 amide bonds. The van der Waals surface area contributed by atoms with Gasteiger partial charge in [0, 0.05) is 26.6 Å². The first-order chi connectivity index (χ1) is 9.99. The number of phenols is 1. The largest absolute Gasteiger partial charge is 0.508 e. The van der Waals surface area contributed by atoms with E-state index in [1.165, 1.54) is 30.2 Å². The number of amides is 1. The highest BCUT2D eigenvalue weighted by Gasteiger charge is 2.19. The molecule has 0 atom stereocenters. The van der Waals surface area contributed by atoms with Gasteiger partial charge in [0.15, 0.2) is 0 Å². The lowest BCUT2D eigenvalue weighted by Gasteiger charge is -2.22. The molecule has 7 nitrogen and oxygen atoms in total. The van der Waals surface area contributed by atoms with Crippen molar-refractivity contribution < 1.29 is 19.8 Å². The molecule has 0 bridgehead atoms. The minimum absolute atomic E-state index is 0.0206. The molecule has 0 fully saturated rings. The number of methoxy groups -OCH3 is 1. The fourth-order valence-corrected chi connectivity index (χ4v) is 1.86. The highest BCUT2D eigenvalue weighted by molar-refractivity contribution is 6.33. The third-order valence-corrected chi connectivity index (χ3v) is 3.13. The Morgan fingerprint density at radius 2 is 2.19 bits per heavy atom. The summed E-state index contributed by atoms with van der Waals surface area (Å²) >= 11 is 5.98. The zero-order valence-electron chi connectivity index (χ0n) is 11.6. The number of hydrogen-bond donors (Lipinski definition) is 3. The maximum atomic E-state index is 12.5. The van der Waals surface area contributed by atoms with Crippen molar-refractivity contribution in [2.24, 2.45) is 10.9 Å². The second kappa shape index (κ2) is 8.33. The Balaban J connectivity index is 2.90. The van der Waals surface area contributed by atoms with Gasteiger partial charge in [-0.3, -0.25) is 4.79 Å². The Bertz CT molecular complexity index is 522. The Morgan fingerprint density at radius 1 is 1.48 bits per heavy atom. The number of rotatable bonds is 7. The van der Waals surface area contributed by atoms with E-state index in [0.717, 1.165) is 0 Å². The minimum Gasteiger partial charge on any atom is -0.508 e. The fourth-order valence-electron chi connectivity index (χ4n) is 1.66. The average molecular weight is 316 g/mol. The van der Waals surface area contributed by atoms with Crippen molar-refractivity contribution in [3.05, 3.63) is 28.8 Å². The Morgan fingerprint density at radius 3 is 2.81 bits per heavy atom. The van der Waals surface area contributed by atoms with Crippen LogP contribution in [0.4, 0.5) is 0 Å². The van der Waals surface area contributed by atoms with E-state index in [4.69, 9.17) is 27.3 Å². The van der Waals surface area contributed by atoms with E-state index in [1.54, 1.807) is 0 Å². The molecule has 0 saturated carbocycles. The molecule has 8 heteroatoms. The van der Waals surface area contributed by atoms with Crippen LogP contribution in [0.5, 0.6) is 5.75 Å². The van der Waals surface area contributed by atoms with Crippen LogP contribution in [0.3, 0.4) is 0 Å². The van der Waals surface area contributed by atoms with E-state index in [2.05, 4.69) is 5.16 Å². The third kappa shape index (κ3) is 5.13. The number of nitrogens with two attached hydrogens (primary N) is 1. The summed E-state index contributed by atoms with van der Waals surface area (Å²) in [6, 6.07) is 4.14. The van der Waals surface area contributed by atoms with Crippen LogP contribution in [0.1, 0.15) is 16.8 Å². The van der Waals surface area contributed by atoms with E-state index in [1.807, 2.05) is 0 Å². The number of phenolic OH excluding ortho intramolecular Hbond substituents is 1. The van der Waals surface area contributed by atoms with Gasteiger partial charge in [-0.25, -0.2) is 0 Å². The first-order valence-electron chi connectivity index (χ1n) is 6.22. The maximum absolute atomic E-state index is 12.5. The van der Waals surface area contributed by atoms with Gasteiger partial charge in [-0.15, -0.1) is 0 Å². The molecule has 0 heterocycles. The fraction of sp³-hybridized carbons (Fsp3) is 0.385. The smallest absolute Gasteiger partial charge is 0.255 e. The number of oxime groups is 1. The van der Waals surface area contributed by atoms with E-state index < -0.39 is 0 Å². The van der Waals surface area contributed by atoms with Crippen LogP contribution in [-0.2, 0) is 4.74 Å². The summed E-state index contributed by atoms with van der Waals surface area (Å²) in [5, 5.41) is 21.1. The summed E-state index contributed by atoms with van der Waals surface area (Å²) in [4.78, 5) is 13.9. The third-order valence-electron chi connectivity index (χ3n) is 2.80. The lowest BCUT2D eigenvalue weighted by Crippen LogP contribution is -2.36. The number of carbonyl (C=O) groups is 1. The van der Waals surface area contributed by atoms with Crippen molar-refractivity contribution in [3.63, 3.8) is 0 Å². The number of ether oxygens (including phenoxy) is 1. The first kappa shape index (κ1) is 17.1. The maximum Gasteiger partial charge on any atom is 0.255 e. The van der Waals surface area contributed by atoms with Crippen molar-refractivity contribution in [1.82, 2.24) is 4.90 Å². The van der Waals surface area contributed by atoms with Crippen molar-refractivity contribution in [3.8, 4) is 5.75 Å². The van der Waals surface area contributed by atoms with Gasteiger partial charge in [0.2, 0.25) is 0 Å². The Labute approximate surface area is 127 Å². The molecular weight excluding hydrogens is 298 g/mol. The standard InChI is InChI=1S/C13H18ClN3O4/c1-21-7-6-17(5-4-12(15)16-20)13(19)10-8-9(18)2-3-11(10)14/h2-3,8,18,20H,4-7H2,1H3,(H2,15,16). The molecule has 4 N–H and O–H groups in total. The molecule has 21 heavy (non-hydrogen) atoms. The molecule has 0 unspecified atom stereocenters. The molecule has 1 aromatic rings. The van der Waals surface area contributed by atoms with Gasteiger partial charge < -0.3 is 25.7 Å². The van der Waals surface area contributed by atoms with Crippen molar-refractivity contribution in [1.29, 1.82) is 0 Å². The van der Waals surface area contributed by atoms with E-state index >= 15 is 0 Å². The molecule has 116 valence electrons. The van der Waals surface area contributed by atoms with Crippen molar-refractivity contribution in [2.75, 3.05) is 26.8 Å². The predicted octanol–water partition coefficient (Wildman–Crippen LogP) is 1.27. The molecule has 0 saturated heterocycles. The zero-order chi connectivity index (χ0) is 15.8. The Kier molecular flexibility index (Phi) is 6.77.